The molecule has 2 aromatic heterocycles. The Morgan fingerprint density at radius 3 is 2.81 bits per heavy atom. The van der Waals surface area contributed by atoms with Gasteiger partial charge < -0.3 is 15.7 Å². The first-order valence-electron chi connectivity index (χ1n) is 7.51. The van der Waals surface area contributed by atoms with E-state index in [-0.39, 0.29) is 6.10 Å². The van der Waals surface area contributed by atoms with Gasteiger partial charge in [-0.3, -0.25) is 0 Å². The molecule has 0 bridgehead atoms. The summed E-state index contributed by atoms with van der Waals surface area (Å²) in [5, 5.41) is 19.5. The third kappa shape index (κ3) is 4.54. The molecule has 0 aliphatic heterocycles. The molecule has 2 rings (SSSR count). The van der Waals surface area contributed by atoms with Gasteiger partial charge in [0.25, 0.3) is 0 Å². The number of hydrogen-bond donors (Lipinski definition) is 3. The maximum absolute atomic E-state index is 10.00. The monoisotopic (exact) mass is 308 g/mol. The molecule has 6 heteroatoms. The van der Waals surface area contributed by atoms with E-state index in [0.29, 0.717) is 18.4 Å². The van der Waals surface area contributed by atoms with Crippen molar-refractivity contribution in [3.63, 3.8) is 0 Å². The number of aromatic nitrogens is 2. The highest BCUT2D eigenvalue weighted by atomic mass is 32.1. The van der Waals surface area contributed by atoms with Gasteiger partial charge in [0, 0.05) is 13.1 Å². The predicted molar refractivity (Wildman–Crippen MR) is 90.1 cm³/mol. The van der Waals surface area contributed by atoms with Gasteiger partial charge in [0.2, 0.25) is 5.95 Å². The van der Waals surface area contributed by atoms with Crippen LogP contribution in [0.3, 0.4) is 0 Å². The molecule has 3 N–H and O–H groups in total. The van der Waals surface area contributed by atoms with Crippen LogP contribution in [0.25, 0.3) is 10.2 Å². The lowest BCUT2D eigenvalue weighted by molar-refractivity contribution is 0.161. The van der Waals surface area contributed by atoms with Crippen molar-refractivity contribution < 1.29 is 5.11 Å². The Kier molecular flexibility index (Phi) is 5.76. The quantitative estimate of drug-likeness (QED) is 0.698. The lowest BCUT2D eigenvalue weighted by atomic mass is 10.1. The van der Waals surface area contributed by atoms with Gasteiger partial charge in [0.1, 0.15) is 10.6 Å². The lowest BCUT2D eigenvalue weighted by Crippen LogP contribution is -2.22. The second kappa shape index (κ2) is 7.56. The zero-order chi connectivity index (χ0) is 15.2. The van der Waals surface area contributed by atoms with Crippen LogP contribution in [-0.4, -0.2) is 34.3 Å². The number of nitrogens with zero attached hydrogens (tertiary/aromatic N) is 2. The number of hydrogen-bond acceptors (Lipinski definition) is 6. The number of fused-ring (bicyclic) bond motifs is 1. The zero-order valence-corrected chi connectivity index (χ0v) is 13.7. The van der Waals surface area contributed by atoms with E-state index >= 15 is 0 Å². The minimum atomic E-state index is -0.360. The molecule has 0 saturated carbocycles. The van der Waals surface area contributed by atoms with Gasteiger partial charge in [-0.1, -0.05) is 20.8 Å². The van der Waals surface area contributed by atoms with Crippen molar-refractivity contribution in [1.29, 1.82) is 0 Å². The smallest absolute Gasteiger partial charge is 0.226 e. The molecule has 0 aromatic carbocycles. The highest BCUT2D eigenvalue weighted by Gasteiger charge is 2.11. The van der Waals surface area contributed by atoms with Crippen LogP contribution in [0.4, 0.5) is 11.8 Å². The van der Waals surface area contributed by atoms with Gasteiger partial charge in [-0.05, 0) is 30.2 Å². The Hall–Kier alpha value is -1.40. The normalized spacial score (nSPS) is 12.8. The average Bonchev–Trinajstić information content (AvgIpc) is 2.90. The van der Waals surface area contributed by atoms with Crippen molar-refractivity contribution in [2.75, 3.05) is 23.7 Å². The average molecular weight is 308 g/mol. The molecule has 0 amide bonds. The second-order valence-electron chi connectivity index (χ2n) is 5.63. The summed E-state index contributed by atoms with van der Waals surface area (Å²) in [5.41, 5.74) is 0. The van der Waals surface area contributed by atoms with E-state index in [1.165, 1.54) is 0 Å². The Labute approximate surface area is 129 Å². The molecule has 2 aromatic rings. The number of aliphatic hydroxyl groups is 1. The summed E-state index contributed by atoms with van der Waals surface area (Å²) in [6.07, 6.45) is 1.45. The molecule has 21 heavy (non-hydrogen) atoms. The summed E-state index contributed by atoms with van der Waals surface area (Å²) in [4.78, 5) is 9.99. The summed E-state index contributed by atoms with van der Waals surface area (Å²) in [5.74, 6) is 1.92. The van der Waals surface area contributed by atoms with Crippen LogP contribution < -0.4 is 10.6 Å². The van der Waals surface area contributed by atoms with Crippen LogP contribution in [0.15, 0.2) is 11.4 Å². The molecule has 0 aliphatic carbocycles. The third-order valence-electron chi connectivity index (χ3n) is 3.11. The molecule has 0 spiro atoms. The maximum atomic E-state index is 10.00. The van der Waals surface area contributed by atoms with Gasteiger partial charge in [-0.25, -0.2) is 4.98 Å². The van der Waals surface area contributed by atoms with Crippen molar-refractivity contribution in [3.8, 4) is 0 Å². The fourth-order valence-electron chi connectivity index (χ4n) is 2.15. The van der Waals surface area contributed by atoms with E-state index in [0.717, 1.165) is 35.4 Å². The highest BCUT2D eigenvalue weighted by molar-refractivity contribution is 7.16. The molecule has 0 fully saturated rings. The number of anilines is 2. The Balaban J connectivity index is 2.11. The number of thiophene rings is 1. The topological polar surface area (TPSA) is 70.1 Å². The molecular formula is C15H24N4OS. The van der Waals surface area contributed by atoms with E-state index in [9.17, 15) is 5.11 Å². The third-order valence-corrected chi connectivity index (χ3v) is 3.91. The van der Waals surface area contributed by atoms with Crippen LogP contribution in [-0.2, 0) is 0 Å². The molecule has 1 atom stereocenters. The van der Waals surface area contributed by atoms with Gasteiger partial charge in [-0.15, -0.1) is 11.3 Å². The number of rotatable bonds is 8. The van der Waals surface area contributed by atoms with Crippen molar-refractivity contribution in [2.24, 2.45) is 5.92 Å². The minimum absolute atomic E-state index is 0.360. The van der Waals surface area contributed by atoms with Crippen LogP contribution >= 0.6 is 11.3 Å². The highest BCUT2D eigenvalue weighted by Crippen LogP contribution is 2.26. The summed E-state index contributed by atoms with van der Waals surface area (Å²) in [6, 6.07) is 2.01. The molecule has 5 nitrogen and oxygen atoms in total. The maximum Gasteiger partial charge on any atom is 0.226 e. The summed E-state index contributed by atoms with van der Waals surface area (Å²) in [6.45, 7) is 7.69. The van der Waals surface area contributed by atoms with Crippen LogP contribution in [0.5, 0.6) is 0 Å². The fourth-order valence-corrected chi connectivity index (χ4v) is 2.91. The van der Waals surface area contributed by atoms with Crippen molar-refractivity contribution >= 4 is 33.3 Å². The molecule has 0 aliphatic rings. The summed E-state index contributed by atoms with van der Waals surface area (Å²) >= 11 is 1.60. The van der Waals surface area contributed by atoms with Crippen LogP contribution in [0.1, 0.15) is 33.6 Å². The van der Waals surface area contributed by atoms with Crippen LogP contribution in [0, 0.1) is 5.92 Å². The van der Waals surface area contributed by atoms with Crippen molar-refractivity contribution in [1.82, 2.24) is 9.97 Å². The first-order chi connectivity index (χ1) is 10.1. The Morgan fingerprint density at radius 1 is 1.29 bits per heavy atom. The van der Waals surface area contributed by atoms with E-state index in [2.05, 4.69) is 41.4 Å². The van der Waals surface area contributed by atoms with Gasteiger partial charge in [-0.2, -0.15) is 4.98 Å². The molecule has 2 heterocycles. The largest absolute Gasteiger partial charge is 0.391 e. The number of nitrogens with one attached hydrogen (secondary N) is 2. The van der Waals surface area contributed by atoms with E-state index in [1.807, 2.05) is 11.4 Å². The first-order valence-corrected chi connectivity index (χ1v) is 8.39. The van der Waals surface area contributed by atoms with Gasteiger partial charge in [0.15, 0.2) is 0 Å². The van der Waals surface area contributed by atoms with E-state index in [1.54, 1.807) is 11.3 Å². The zero-order valence-electron chi connectivity index (χ0n) is 12.9. The molecule has 0 saturated heterocycles. The number of aliphatic hydroxyl groups excluding tert-OH is 1. The summed E-state index contributed by atoms with van der Waals surface area (Å²) in [7, 11) is 0. The molecule has 0 radical (unpaired) electrons. The lowest BCUT2D eigenvalue weighted by Gasteiger charge is -2.15. The van der Waals surface area contributed by atoms with Gasteiger partial charge >= 0.3 is 0 Å². The minimum Gasteiger partial charge on any atom is -0.391 e. The summed E-state index contributed by atoms with van der Waals surface area (Å²) < 4.78 is 0. The van der Waals surface area contributed by atoms with E-state index in [4.69, 9.17) is 0 Å². The SMILES string of the molecule is CCCNc1nc(NCC(O)CC(C)C)c2ccsc2n1. The first kappa shape index (κ1) is 16.0. The van der Waals surface area contributed by atoms with Crippen molar-refractivity contribution in [3.05, 3.63) is 11.4 Å². The van der Waals surface area contributed by atoms with Crippen LogP contribution in [0.2, 0.25) is 0 Å². The molecular weight excluding hydrogens is 284 g/mol. The fraction of sp³-hybridized carbons (Fsp3) is 0.600. The van der Waals surface area contributed by atoms with Gasteiger partial charge in [0.05, 0.1) is 11.5 Å². The Morgan fingerprint density at radius 2 is 2.10 bits per heavy atom. The molecule has 1 unspecified atom stereocenters. The molecule has 116 valence electrons. The second-order valence-corrected chi connectivity index (χ2v) is 6.52. The Bertz CT molecular complexity index is 570. The standard InChI is InChI=1S/C15H24N4OS/c1-4-6-16-15-18-13(12-5-7-21-14(12)19-15)17-9-11(20)8-10(2)3/h5,7,10-11,20H,4,6,8-9H2,1-3H3,(H2,16,17,18,19). The van der Waals surface area contributed by atoms with E-state index < -0.39 is 0 Å². The van der Waals surface area contributed by atoms with Crippen molar-refractivity contribution in [2.45, 2.75) is 39.7 Å². The predicted octanol–water partition coefficient (Wildman–Crippen LogP) is 3.33.